The highest BCUT2D eigenvalue weighted by atomic mass is 32.2. The summed E-state index contributed by atoms with van der Waals surface area (Å²) in [5, 5.41) is 5.90. The van der Waals surface area contributed by atoms with Crippen molar-refractivity contribution in [3.05, 3.63) is 35.4 Å². The second-order valence-corrected chi connectivity index (χ2v) is 11.1. The third-order valence-electron chi connectivity index (χ3n) is 5.93. The summed E-state index contributed by atoms with van der Waals surface area (Å²) in [5.41, 5.74) is 1.15. The van der Waals surface area contributed by atoms with Crippen LogP contribution in [0.2, 0.25) is 0 Å². The Morgan fingerprint density at radius 1 is 1.12 bits per heavy atom. The number of carbonyl (C=O) groups is 3. The quantitative estimate of drug-likeness (QED) is 0.528. The lowest BCUT2D eigenvalue weighted by Gasteiger charge is -2.33. The summed E-state index contributed by atoms with van der Waals surface area (Å²) in [6, 6.07) is 6.22. The first-order valence-electron chi connectivity index (χ1n) is 12.1. The molecule has 1 aliphatic carbocycles. The molecular weight excluding hydrogens is 450 g/mol. The largest absolute Gasteiger partial charge is 0.444 e. The molecule has 1 aromatic carbocycles. The number of hydrogen-bond acceptors (Lipinski definition) is 5. The summed E-state index contributed by atoms with van der Waals surface area (Å²) in [5.74, 6) is 0.181. The Morgan fingerprint density at radius 2 is 1.74 bits per heavy atom. The van der Waals surface area contributed by atoms with Gasteiger partial charge in [0.25, 0.3) is 0 Å². The molecule has 7 nitrogen and oxygen atoms in total. The first-order chi connectivity index (χ1) is 16.0. The van der Waals surface area contributed by atoms with Crippen LogP contribution in [0.1, 0.15) is 76.5 Å². The van der Waals surface area contributed by atoms with Crippen LogP contribution in [0.4, 0.5) is 4.79 Å². The summed E-state index contributed by atoms with van der Waals surface area (Å²) < 4.78 is 5.38. The summed E-state index contributed by atoms with van der Waals surface area (Å²) in [6.07, 6.45) is 7.07. The maximum atomic E-state index is 13.6. The first-order valence-corrected chi connectivity index (χ1v) is 13.5. The number of nitrogens with zero attached hydrogens (tertiary/aromatic N) is 1. The van der Waals surface area contributed by atoms with Gasteiger partial charge in [0.1, 0.15) is 17.7 Å². The van der Waals surface area contributed by atoms with E-state index in [-0.39, 0.29) is 17.9 Å². The average Bonchev–Trinajstić information content (AvgIpc) is 2.77. The van der Waals surface area contributed by atoms with Gasteiger partial charge < -0.3 is 20.3 Å². The van der Waals surface area contributed by atoms with Crippen LogP contribution in [0.15, 0.2) is 24.3 Å². The van der Waals surface area contributed by atoms with Gasteiger partial charge in [-0.25, -0.2) is 4.79 Å². The zero-order valence-corrected chi connectivity index (χ0v) is 22.3. The molecule has 0 saturated heterocycles. The molecule has 1 aliphatic rings. The van der Waals surface area contributed by atoms with Gasteiger partial charge >= 0.3 is 6.09 Å². The molecule has 3 amide bonds. The van der Waals surface area contributed by atoms with E-state index in [0.29, 0.717) is 12.2 Å². The van der Waals surface area contributed by atoms with Crippen LogP contribution < -0.4 is 10.6 Å². The van der Waals surface area contributed by atoms with Gasteiger partial charge in [-0.3, -0.25) is 9.59 Å². The fourth-order valence-electron chi connectivity index (χ4n) is 4.14. The molecule has 2 rings (SSSR count). The molecular formula is C26H41N3O4S. The number of nitrogens with one attached hydrogen (secondary N) is 2. The third-order valence-corrected chi connectivity index (χ3v) is 6.57. The van der Waals surface area contributed by atoms with Crippen LogP contribution >= 0.6 is 11.8 Å². The van der Waals surface area contributed by atoms with Crippen molar-refractivity contribution >= 4 is 29.7 Å². The minimum atomic E-state index is -0.789. The molecule has 34 heavy (non-hydrogen) atoms. The fraction of sp³-hybridized carbons (Fsp3) is 0.654. The molecule has 2 atom stereocenters. The number of rotatable bonds is 9. The lowest BCUT2D eigenvalue weighted by molar-refractivity contribution is -0.141. The van der Waals surface area contributed by atoms with Gasteiger partial charge in [0.05, 0.1) is 0 Å². The molecule has 0 radical (unpaired) electrons. The van der Waals surface area contributed by atoms with Crippen molar-refractivity contribution in [1.29, 1.82) is 0 Å². The number of amides is 3. The molecule has 1 saturated carbocycles. The highest BCUT2D eigenvalue weighted by molar-refractivity contribution is 7.98. The molecule has 0 bridgehead atoms. The van der Waals surface area contributed by atoms with Crippen LogP contribution in [0.25, 0.3) is 0 Å². The summed E-state index contributed by atoms with van der Waals surface area (Å²) in [6.45, 7) is 7.32. The van der Waals surface area contributed by atoms with E-state index in [2.05, 4.69) is 10.6 Å². The highest BCUT2D eigenvalue weighted by Gasteiger charge is 2.34. The van der Waals surface area contributed by atoms with Crippen LogP contribution in [0, 0.1) is 6.92 Å². The van der Waals surface area contributed by atoms with E-state index in [0.717, 1.165) is 36.8 Å². The van der Waals surface area contributed by atoms with Crippen molar-refractivity contribution in [2.75, 3.05) is 19.1 Å². The number of thioether (sulfide) groups is 1. The fourth-order valence-corrected chi connectivity index (χ4v) is 4.61. The van der Waals surface area contributed by atoms with Crippen molar-refractivity contribution in [2.45, 2.75) is 89.9 Å². The number of benzene rings is 1. The van der Waals surface area contributed by atoms with E-state index >= 15 is 0 Å². The van der Waals surface area contributed by atoms with E-state index in [1.807, 2.05) is 37.4 Å². The maximum absolute atomic E-state index is 13.6. The van der Waals surface area contributed by atoms with Gasteiger partial charge in [0.2, 0.25) is 11.8 Å². The first kappa shape index (κ1) is 28.0. The van der Waals surface area contributed by atoms with Gasteiger partial charge in [-0.2, -0.15) is 11.8 Å². The molecule has 8 heteroatoms. The number of aryl methyl sites for hydroxylation is 1. The normalized spacial score (nSPS) is 16.3. The third kappa shape index (κ3) is 8.85. The molecule has 1 aromatic rings. The summed E-state index contributed by atoms with van der Waals surface area (Å²) in [7, 11) is 1.64. The Bertz CT molecular complexity index is 816. The van der Waals surface area contributed by atoms with Crippen LogP contribution in [-0.4, -0.2) is 59.5 Å². The van der Waals surface area contributed by atoms with Gasteiger partial charge in [-0.05, 0) is 64.5 Å². The molecule has 0 spiro atoms. The molecule has 0 aliphatic heterocycles. The predicted molar refractivity (Wildman–Crippen MR) is 138 cm³/mol. The van der Waals surface area contributed by atoms with E-state index in [1.165, 1.54) is 11.3 Å². The second kappa shape index (κ2) is 13.0. The highest BCUT2D eigenvalue weighted by Crippen LogP contribution is 2.24. The Morgan fingerprint density at radius 3 is 2.29 bits per heavy atom. The Balaban J connectivity index is 2.26. The van der Waals surface area contributed by atoms with E-state index in [1.54, 1.807) is 39.6 Å². The number of likely N-dealkylation sites (N-methyl/N-ethyl adjacent to an activating group) is 1. The predicted octanol–water partition coefficient (Wildman–Crippen LogP) is 4.59. The summed E-state index contributed by atoms with van der Waals surface area (Å²) >= 11 is 1.59. The molecule has 2 unspecified atom stereocenters. The molecule has 2 N–H and O–H groups in total. The molecule has 1 fully saturated rings. The number of hydrogen-bond donors (Lipinski definition) is 2. The van der Waals surface area contributed by atoms with Gasteiger partial charge in [-0.1, -0.05) is 49.1 Å². The monoisotopic (exact) mass is 491 g/mol. The summed E-state index contributed by atoms with van der Waals surface area (Å²) in [4.78, 5) is 41.0. The minimum absolute atomic E-state index is 0.130. The zero-order valence-electron chi connectivity index (χ0n) is 21.5. The van der Waals surface area contributed by atoms with Gasteiger partial charge in [0.15, 0.2) is 0 Å². The van der Waals surface area contributed by atoms with Gasteiger partial charge in [0, 0.05) is 13.1 Å². The Kier molecular flexibility index (Phi) is 10.7. The standard InChI is InChI=1S/C26H41N3O4S/c1-18-12-14-19(15-13-18)22(23(30)27-20-10-8-7-9-11-20)29(5)24(31)21(16-17-34-6)28-25(32)33-26(2,3)4/h12-15,20-22H,7-11,16-17H2,1-6H3,(H,27,30)(H,28,32). The number of ether oxygens (including phenoxy) is 1. The average molecular weight is 492 g/mol. The topological polar surface area (TPSA) is 87.7 Å². The van der Waals surface area contributed by atoms with Crippen molar-refractivity contribution in [2.24, 2.45) is 0 Å². The number of alkyl carbamates (subject to hydrolysis) is 1. The van der Waals surface area contributed by atoms with E-state index < -0.39 is 23.8 Å². The van der Waals surface area contributed by atoms with Crippen molar-refractivity contribution in [1.82, 2.24) is 15.5 Å². The lowest BCUT2D eigenvalue weighted by Crippen LogP contribution is -2.52. The lowest BCUT2D eigenvalue weighted by atomic mass is 9.94. The van der Waals surface area contributed by atoms with Crippen molar-refractivity contribution < 1.29 is 19.1 Å². The van der Waals surface area contributed by atoms with Crippen molar-refractivity contribution in [3.63, 3.8) is 0 Å². The SMILES string of the molecule is CSCCC(NC(=O)OC(C)(C)C)C(=O)N(C)C(C(=O)NC1CCCCC1)c1ccc(C)cc1. The maximum Gasteiger partial charge on any atom is 0.408 e. The van der Waals surface area contributed by atoms with Crippen molar-refractivity contribution in [3.8, 4) is 0 Å². The van der Waals surface area contributed by atoms with Crippen LogP contribution in [0.3, 0.4) is 0 Å². The van der Waals surface area contributed by atoms with Gasteiger partial charge in [-0.15, -0.1) is 0 Å². The molecule has 190 valence electrons. The van der Waals surface area contributed by atoms with E-state index in [4.69, 9.17) is 4.74 Å². The Hall–Kier alpha value is -2.22. The van der Waals surface area contributed by atoms with E-state index in [9.17, 15) is 14.4 Å². The zero-order chi connectivity index (χ0) is 25.3. The van der Waals surface area contributed by atoms with Crippen LogP contribution in [0.5, 0.6) is 0 Å². The van der Waals surface area contributed by atoms with Crippen LogP contribution in [-0.2, 0) is 14.3 Å². The minimum Gasteiger partial charge on any atom is -0.444 e. The smallest absolute Gasteiger partial charge is 0.408 e. The number of carbonyl (C=O) groups excluding carboxylic acids is 3. The second-order valence-electron chi connectivity index (χ2n) is 10.1. The molecule has 0 heterocycles. The molecule has 0 aromatic heterocycles. The Labute approximate surface area is 208 Å².